The molecule has 0 unspecified atom stereocenters. The van der Waals surface area contributed by atoms with Gasteiger partial charge in [0.05, 0.1) is 18.2 Å². The zero-order chi connectivity index (χ0) is 14.7. The van der Waals surface area contributed by atoms with Crippen molar-refractivity contribution in [2.45, 2.75) is 34.2 Å². The fourth-order valence-corrected chi connectivity index (χ4v) is 2.68. The minimum atomic E-state index is 0.544. The summed E-state index contributed by atoms with van der Waals surface area (Å²) in [4.78, 5) is 8.46. The van der Waals surface area contributed by atoms with E-state index < -0.39 is 0 Å². The summed E-state index contributed by atoms with van der Waals surface area (Å²) in [6.45, 7) is 10.1. The van der Waals surface area contributed by atoms with Crippen molar-refractivity contribution in [1.82, 2.24) is 14.5 Å². The number of nitrogen functional groups attached to an aromatic ring is 1. The third kappa shape index (κ3) is 3.18. The van der Waals surface area contributed by atoms with E-state index in [-0.39, 0.29) is 0 Å². The number of nitrogens with two attached hydrogens (primary N) is 1. The van der Waals surface area contributed by atoms with Crippen molar-refractivity contribution in [2.75, 3.05) is 5.73 Å². The molecule has 0 radical (unpaired) electrons. The smallest absolute Gasteiger partial charge is 0.123 e. The fraction of sp³-hybridized carbons (Fsp3) is 0.500. The highest BCUT2D eigenvalue weighted by Gasteiger charge is 2.19. The third-order valence-corrected chi connectivity index (χ3v) is 3.91. The van der Waals surface area contributed by atoms with Crippen LogP contribution < -0.4 is 5.73 Å². The summed E-state index contributed by atoms with van der Waals surface area (Å²) in [6.07, 6.45) is 5.61. The molecular weight excluding hydrogens is 248 g/mol. The molecule has 0 saturated carbocycles. The van der Waals surface area contributed by atoms with Gasteiger partial charge >= 0.3 is 0 Å². The van der Waals surface area contributed by atoms with Crippen LogP contribution in [-0.4, -0.2) is 14.5 Å². The lowest BCUT2D eigenvalue weighted by Gasteiger charge is -2.26. The van der Waals surface area contributed by atoms with Crippen LogP contribution in [0.2, 0.25) is 0 Å². The molecule has 0 amide bonds. The van der Waals surface area contributed by atoms with Gasteiger partial charge in [-0.05, 0) is 29.9 Å². The van der Waals surface area contributed by atoms with Crippen molar-refractivity contribution in [3.05, 3.63) is 30.9 Å². The van der Waals surface area contributed by atoms with E-state index in [2.05, 4.69) is 42.2 Å². The highest BCUT2D eigenvalue weighted by atomic mass is 15.0. The predicted molar refractivity (Wildman–Crippen MR) is 83.0 cm³/mol. The topological polar surface area (TPSA) is 56.7 Å². The van der Waals surface area contributed by atoms with E-state index in [9.17, 15) is 0 Å². The van der Waals surface area contributed by atoms with Gasteiger partial charge in [-0.1, -0.05) is 27.7 Å². The second kappa shape index (κ2) is 6.07. The van der Waals surface area contributed by atoms with Gasteiger partial charge < -0.3 is 10.3 Å². The quantitative estimate of drug-likeness (QED) is 0.907. The summed E-state index contributed by atoms with van der Waals surface area (Å²) in [5.74, 6) is 2.47. The molecule has 0 spiro atoms. The van der Waals surface area contributed by atoms with E-state index in [1.807, 2.05) is 30.9 Å². The normalized spacial score (nSPS) is 11.8. The zero-order valence-corrected chi connectivity index (χ0v) is 12.7. The van der Waals surface area contributed by atoms with Crippen molar-refractivity contribution in [3.8, 4) is 11.3 Å². The number of pyridine rings is 1. The summed E-state index contributed by atoms with van der Waals surface area (Å²) < 4.78 is 2.22. The van der Waals surface area contributed by atoms with Gasteiger partial charge in [-0.15, -0.1) is 0 Å². The molecule has 108 valence electrons. The summed E-state index contributed by atoms with van der Waals surface area (Å²) in [7, 11) is 0. The van der Waals surface area contributed by atoms with Crippen molar-refractivity contribution in [2.24, 2.45) is 17.8 Å². The summed E-state index contributed by atoms with van der Waals surface area (Å²) >= 11 is 0. The predicted octanol–water partition coefficient (Wildman–Crippen LogP) is 3.46. The number of hydrogen-bond donors (Lipinski definition) is 1. The highest BCUT2D eigenvalue weighted by molar-refractivity contribution is 5.59. The average molecular weight is 272 g/mol. The van der Waals surface area contributed by atoms with Crippen LogP contribution >= 0.6 is 0 Å². The molecule has 2 heterocycles. The van der Waals surface area contributed by atoms with Crippen LogP contribution in [0.5, 0.6) is 0 Å². The molecule has 0 atom stereocenters. The molecule has 0 aliphatic carbocycles. The van der Waals surface area contributed by atoms with E-state index in [4.69, 9.17) is 5.73 Å². The number of hydrogen-bond acceptors (Lipinski definition) is 3. The Labute approximate surface area is 121 Å². The largest absolute Gasteiger partial charge is 0.384 e. The number of anilines is 1. The molecule has 0 aromatic carbocycles. The Hall–Kier alpha value is -1.84. The number of nitrogens with zero attached hydrogens (tertiary/aromatic N) is 3. The van der Waals surface area contributed by atoms with Crippen LogP contribution in [-0.2, 0) is 6.54 Å². The molecule has 0 fully saturated rings. The van der Waals surface area contributed by atoms with Crippen molar-refractivity contribution >= 4 is 5.82 Å². The molecule has 2 rings (SSSR count). The average Bonchev–Trinajstić information content (AvgIpc) is 2.84. The number of aromatic nitrogens is 3. The molecule has 2 N–H and O–H groups in total. The van der Waals surface area contributed by atoms with Gasteiger partial charge in [0.1, 0.15) is 5.82 Å². The van der Waals surface area contributed by atoms with E-state index in [1.54, 1.807) is 0 Å². The lowest BCUT2D eigenvalue weighted by Crippen LogP contribution is -2.21. The molecule has 4 heteroatoms. The second-order valence-electron chi connectivity index (χ2n) is 6.05. The van der Waals surface area contributed by atoms with Crippen LogP contribution in [0.1, 0.15) is 27.7 Å². The molecular formula is C16H24N4. The van der Waals surface area contributed by atoms with E-state index in [0.717, 1.165) is 17.8 Å². The van der Waals surface area contributed by atoms with Crippen LogP contribution in [0.4, 0.5) is 5.82 Å². The Bertz CT molecular complexity index is 532. The minimum absolute atomic E-state index is 0.544. The maximum Gasteiger partial charge on any atom is 0.123 e. The SMILES string of the molecule is CC(C)C(Cn1cncc1-c1ccc(N)nc1)C(C)C. The summed E-state index contributed by atoms with van der Waals surface area (Å²) in [6, 6.07) is 3.82. The maximum atomic E-state index is 5.64. The van der Waals surface area contributed by atoms with Crippen LogP contribution in [0.3, 0.4) is 0 Å². The van der Waals surface area contributed by atoms with Gasteiger partial charge in [0.25, 0.3) is 0 Å². The van der Waals surface area contributed by atoms with Crippen LogP contribution in [0, 0.1) is 17.8 Å². The van der Waals surface area contributed by atoms with Crippen molar-refractivity contribution in [1.29, 1.82) is 0 Å². The molecule has 0 aliphatic heterocycles. The van der Waals surface area contributed by atoms with Gasteiger partial charge in [-0.2, -0.15) is 0 Å². The van der Waals surface area contributed by atoms with E-state index >= 15 is 0 Å². The Balaban J connectivity index is 2.26. The van der Waals surface area contributed by atoms with Crippen molar-refractivity contribution in [3.63, 3.8) is 0 Å². The fourth-order valence-electron chi connectivity index (χ4n) is 2.68. The lowest BCUT2D eigenvalue weighted by atomic mass is 9.85. The minimum Gasteiger partial charge on any atom is -0.384 e. The highest BCUT2D eigenvalue weighted by Crippen LogP contribution is 2.26. The monoisotopic (exact) mass is 272 g/mol. The van der Waals surface area contributed by atoms with E-state index in [0.29, 0.717) is 23.6 Å². The molecule has 20 heavy (non-hydrogen) atoms. The third-order valence-electron chi connectivity index (χ3n) is 3.91. The van der Waals surface area contributed by atoms with Gasteiger partial charge in [0.2, 0.25) is 0 Å². The summed E-state index contributed by atoms with van der Waals surface area (Å²) in [5.41, 5.74) is 7.80. The Kier molecular flexibility index (Phi) is 4.42. The molecule has 0 bridgehead atoms. The van der Waals surface area contributed by atoms with Gasteiger partial charge in [-0.3, -0.25) is 0 Å². The number of rotatable bonds is 5. The van der Waals surface area contributed by atoms with Crippen molar-refractivity contribution < 1.29 is 0 Å². The van der Waals surface area contributed by atoms with Gasteiger partial charge in [0.15, 0.2) is 0 Å². The Morgan fingerprint density at radius 1 is 1.10 bits per heavy atom. The lowest BCUT2D eigenvalue weighted by molar-refractivity contribution is 0.252. The van der Waals surface area contributed by atoms with Crippen LogP contribution in [0.25, 0.3) is 11.3 Å². The Morgan fingerprint density at radius 3 is 2.35 bits per heavy atom. The zero-order valence-electron chi connectivity index (χ0n) is 12.7. The first-order chi connectivity index (χ1) is 9.49. The summed E-state index contributed by atoms with van der Waals surface area (Å²) in [5, 5.41) is 0. The van der Waals surface area contributed by atoms with E-state index in [1.165, 1.54) is 0 Å². The number of imidazole rings is 1. The molecule has 0 aliphatic rings. The first kappa shape index (κ1) is 14.6. The van der Waals surface area contributed by atoms with Gasteiger partial charge in [-0.25, -0.2) is 9.97 Å². The Morgan fingerprint density at radius 2 is 1.80 bits per heavy atom. The first-order valence-corrected chi connectivity index (χ1v) is 7.21. The second-order valence-corrected chi connectivity index (χ2v) is 6.05. The van der Waals surface area contributed by atoms with Gasteiger partial charge in [0, 0.05) is 18.3 Å². The standard InChI is InChI=1S/C16H24N4/c1-11(2)14(12(3)4)9-20-10-18-8-15(20)13-5-6-16(17)19-7-13/h5-8,10-12,14H,9H2,1-4H3,(H2,17,19). The van der Waals surface area contributed by atoms with Crippen LogP contribution in [0.15, 0.2) is 30.9 Å². The maximum absolute atomic E-state index is 5.64. The molecule has 4 nitrogen and oxygen atoms in total. The first-order valence-electron chi connectivity index (χ1n) is 7.21. The molecule has 2 aromatic rings. The molecule has 0 saturated heterocycles. The molecule has 2 aromatic heterocycles.